The van der Waals surface area contributed by atoms with E-state index >= 15 is 0 Å². The van der Waals surface area contributed by atoms with Gasteiger partial charge in [0, 0.05) is 12.0 Å². The zero-order valence-electron chi connectivity index (χ0n) is 12.1. The van der Waals surface area contributed by atoms with Crippen LogP contribution in [0.4, 0.5) is 5.82 Å². The van der Waals surface area contributed by atoms with E-state index in [4.69, 9.17) is 0 Å². The molecule has 0 bridgehead atoms. The Hall–Kier alpha value is -2.63. The quantitative estimate of drug-likeness (QED) is 0.789. The van der Waals surface area contributed by atoms with Gasteiger partial charge in [0.1, 0.15) is 11.9 Å². The molecule has 1 atom stereocenters. The molecule has 1 aromatic carbocycles. The lowest BCUT2D eigenvalue weighted by Gasteiger charge is -2.27. The van der Waals surface area contributed by atoms with Crippen molar-refractivity contribution in [2.75, 3.05) is 5.32 Å². The molecule has 22 heavy (non-hydrogen) atoms. The Kier molecular flexibility index (Phi) is 4.18. The average Bonchev–Trinajstić information content (AvgIpc) is 2.96. The molecule has 2 aromatic rings. The number of benzene rings is 1. The van der Waals surface area contributed by atoms with Crippen molar-refractivity contribution in [3.05, 3.63) is 48.2 Å². The summed E-state index contributed by atoms with van der Waals surface area (Å²) in [7, 11) is 0. The predicted octanol–water partition coefficient (Wildman–Crippen LogP) is 2.01. The summed E-state index contributed by atoms with van der Waals surface area (Å²) >= 11 is 0. The van der Waals surface area contributed by atoms with Gasteiger partial charge in [-0.1, -0.05) is 36.8 Å². The molecule has 0 saturated heterocycles. The van der Waals surface area contributed by atoms with Crippen LogP contribution in [0.25, 0.3) is 0 Å². The van der Waals surface area contributed by atoms with Gasteiger partial charge in [-0.05, 0) is 18.4 Å². The summed E-state index contributed by atoms with van der Waals surface area (Å²) in [6.07, 6.45) is 4.43. The number of anilines is 1. The van der Waals surface area contributed by atoms with Crippen molar-refractivity contribution in [1.82, 2.24) is 15.5 Å². The lowest BCUT2D eigenvalue weighted by molar-refractivity contribution is -0.131. The molecule has 114 valence electrons. The summed E-state index contributed by atoms with van der Waals surface area (Å²) in [6.45, 7) is 0. The van der Waals surface area contributed by atoms with Gasteiger partial charge in [0.05, 0.1) is 6.20 Å². The van der Waals surface area contributed by atoms with E-state index in [9.17, 15) is 9.59 Å². The summed E-state index contributed by atoms with van der Waals surface area (Å²) in [5, 5.41) is 12.1. The fourth-order valence-corrected chi connectivity index (χ4v) is 2.41. The van der Waals surface area contributed by atoms with Crippen molar-refractivity contribution in [2.24, 2.45) is 5.92 Å². The third-order valence-electron chi connectivity index (χ3n) is 3.92. The van der Waals surface area contributed by atoms with Gasteiger partial charge in [-0.15, -0.1) is 0 Å². The average molecular weight is 298 g/mol. The van der Waals surface area contributed by atoms with Crippen LogP contribution in [0.2, 0.25) is 0 Å². The highest BCUT2D eigenvalue weighted by atomic mass is 16.2. The number of amides is 2. The summed E-state index contributed by atoms with van der Waals surface area (Å²) in [4.78, 5) is 24.7. The van der Waals surface area contributed by atoms with Gasteiger partial charge in [0.25, 0.3) is 5.91 Å². The lowest BCUT2D eigenvalue weighted by Crippen LogP contribution is -2.41. The number of aromatic amines is 1. The maximum atomic E-state index is 12.5. The summed E-state index contributed by atoms with van der Waals surface area (Å²) in [6, 6.07) is 10.2. The molecule has 0 unspecified atom stereocenters. The highest BCUT2D eigenvalue weighted by molar-refractivity contribution is 5.97. The van der Waals surface area contributed by atoms with Gasteiger partial charge in [0.15, 0.2) is 0 Å². The van der Waals surface area contributed by atoms with Gasteiger partial charge in [0.2, 0.25) is 5.91 Å². The molecule has 3 N–H and O–H groups in total. The molecule has 2 amide bonds. The number of aromatic nitrogens is 2. The normalized spacial score (nSPS) is 15.6. The molecule has 1 saturated carbocycles. The van der Waals surface area contributed by atoms with Gasteiger partial charge >= 0.3 is 0 Å². The number of carbonyl (C=O) groups is 2. The van der Waals surface area contributed by atoms with E-state index in [0.717, 1.165) is 24.8 Å². The molecule has 6 nitrogen and oxygen atoms in total. The first kappa shape index (κ1) is 14.3. The Morgan fingerprint density at radius 1 is 1.18 bits per heavy atom. The zero-order chi connectivity index (χ0) is 15.4. The second kappa shape index (κ2) is 6.43. The number of nitrogens with zero attached hydrogens (tertiary/aromatic N) is 1. The molecule has 1 aliphatic carbocycles. The van der Waals surface area contributed by atoms with Crippen LogP contribution in [0.1, 0.15) is 30.9 Å². The molecule has 3 rings (SSSR count). The minimum absolute atomic E-state index is 0.0335. The van der Waals surface area contributed by atoms with Gasteiger partial charge in [-0.25, -0.2) is 0 Å². The number of rotatable bonds is 5. The van der Waals surface area contributed by atoms with Crippen molar-refractivity contribution >= 4 is 17.6 Å². The van der Waals surface area contributed by atoms with Crippen LogP contribution in [0.5, 0.6) is 0 Å². The predicted molar refractivity (Wildman–Crippen MR) is 81.9 cm³/mol. The van der Waals surface area contributed by atoms with Gasteiger partial charge in [-0.3, -0.25) is 14.7 Å². The second-order valence-corrected chi connectivity index (χ2v) is 5.44. The Morgan fingerprint density at radius 2 is 1.95 bits per heavy atom. The van der Waals surface area contributed by atoms with Crippen molar-refractivity contribution in [3.63, 3.8) is 0 Å². The minimum atomic E-state index is -0.711. The van der Waals surface area contributed by atoms with Crippen LogP contribution in [0.15, 0.2) is 42.6 Å². The van der Waals surface area contributed by atoms with E-state index < -0.39 is 6.04 Å². The first-order valence-corrected chi connectivity index (χ1v) is 7.39. The SMILES string of the molecule is O=C(N[C@H](C(=O)Nc1ccn[nH]1)c1ccccc1)C1CCC1. The van der Waals surface area contributed by atoms with Crippen LogP contribution in [0.3, 0.4) is 0 Å². The maximum absolute atomic E-state index is 12.5. The summed E-state index contributed by atoms with van der Waals surface area (Å²) in [5.74, 6) is 0.193. The molecule has 0 spiro atoms. The van der Waals surface area contributed by atoms with Crippen LogP contribution in [-0.2, 0) is 9.59 Å². The van der Waals surface area contributed by atoms with Crippen molar-refractivity contribution in [3.8, 4) is 0 Å². The molecular formula is C16H18N4O2. The fourth-order valence-electron chi connectivity index (χ4n) is 2.41. The van der Waals surface area contributed by atoms with E-state index in [1.165, 1.54) is 0 Å². The third-order valence-corrected chi connectivity index (χ3v) is 3.92. The number of carbonyl (C=O) groups excluding carboxylic acids is 2. The van der Waals surface area contributed by atoms with E-state index in [1.54, 1.807) is 12.3 Å². The van der Waals surface area contributed by atoms with Crippen molar-refractivity contribution in [1.29, 1.82) is 0 Å². The maximum Gasteiger partial charge on any atom is 0.252 e. The second-order valence-electron chi connectivity index (χ2n) is 5.44. The molecule has 1 aromatic heterocycles. The minimum Gasteiger partial charge on any atom is -0.340 e. The van der Waals surface area contributed by atoms with E-state index in [1.807, 2.05) is 30.3 Å². The molecule has 1 fully saturated rings. The standard InChI is InChI=1S/C16H18N4O2/c21-15(12-7-4-8-12)19-14(11-5-2-1-3-6-11)16(22)18-13-9-10-17-20-13/h1-3,5-6,9-10,12,14H,4,7-8H2,(H,19,21)(H2,17,18,20,22)/t14-/m0/s1. The molecule has 6 heteroatoms. The van der Waals surface area contributed by atoms with Crippen LogP contribution in [-0.4, -0.2) is 22.0 Å². The highest BCUT2D eigenvalue weighted by Crippen LogP contribution is 2.27. The van der Waals surface area contributed by atoms with E-state index in [2.05, 4.69) is 20.8 Å². The van der Waals surface area contributed by atoms with Crippen LogP contribution in [0, 0.1) is 5.92 Å². The molecule has 1 heterocycles. The Labute approximate surface area is 128 Å². The molecule has 1 aliphatic rings. The Balaban J connectivity index is 1.76. The largest absolute Gasteiger partial charge is 0.340 e. The monoisotopic (exact) mass is 298 g/mol. The molecule has 0 radical (unpaired) electrons. The molecular weight excluding hydrogens is 280 g/mol. The van der Waals surface area contributed by atoms with Gasteiger partial charge in [-0.2, -0.15) is 5.10 Å². The van der Waals surface area contributed by atoms with Crippen LogP contribution >= 0.6 is 0 Å². The zero-order valence-corrected chi connectivity index (χ0v) is 12.1. The number of hydrogen-bond acceptors (Lipinski definition) is 3. The smallest absolute Gasteiger partial charge is 0.252 e. The molecule has 0 aliphatic heterocycles. The van der Waals surface area contributed by atoms with Gasteiger partial charge < -0.3 is 10.6 Å². The Bertz CT molecular complexity index is 635. The topological polar surface area (TPSA) is 86.9 Å². The highest BCUT2D eigenvalue weighted by Gasteiger charge is 2.30. The summed E-state index contributed by atoms with van der Waals surface area (Å²) < 4.78 is 0. The fraction of sp³-hybridized carbons (Fsp3) is 0.312. The Morgan fingerprint density at radius 3 is 2.55 bits per heavy atom. The van der Waals surface area contributed by atoms with Crippen molar-refractivity contribution < 1.29 is 9.59 Å². The third kappa shape index (κ3) is 3.16. The summed E-state index contributed by atoms with van der Waals surface area (Å²) in [5.41, 5.74) is 0.757. The number of H-pyrrole nitrogens is 1. The van der Waals surface area contributed by atoms with Crippen molar-refractivity contribution in [2.45, 2.75) is 25.3 Å². The first-order valence-electron chi connectivity index (χ1n) is 7.39. The van der Waals surface area contributed by atoms with E-state index in [0.29, 0.717) is 5.82 Å². The van der Waals surface area contributed by atoms with Crippen LogP contribution < -0.4 is 10.6 Å². The number of hydrogen-bond donors (Lipinski definition) is 3. The van der Waals surface area contributed by atoms with E-state index in [-0.39, 0.29) is 17.7 Å². The first-order chi connectivity index (χ1) is 10.7. The lowest BCUT2D eigenvalue weighted by atomic mass is 9.84. The number of nitrogens with one attached hydrogen (secondary N) is 3.